The number of nitrogens with two attached hydrogens (primary N) is 2. The molecular weight excluding hydrogens is 120 g/mol. The van der Waals surface area contributed by atoms with Crippen molar-refractivity contribution in [1.29, 1.82) is 0 Å². The molecule has 0 amide bonds. The second-order valence-electron chi connectivity index (χ2n) is 1.65. The van der Waals surface area contributed by atoms with Gasteiger partial charge < -0.3 is 16.6 Å². The van der Waals surface area contributed by atoms with Crippen LogP contribution in [0.5, 0.6) is 0 Å². The molecule has 0 aromatic heterocycles. The van der Waals surface area contributed by atoms with Crippen LogP contribution in [-0.4, -0.2) is 24.2 Å². The standard InChI is InChI=1S/C5H11N2O2/c6-2-1-4(3-7)5(8)9/h1,4H,2-3,6-7H2,(H,8,9). The topological polar surface area (TPSA) is 89.3 Å². The van der Waals surface area contributed by atoms with Crippen LogP contribution in [0, 0.1) is 12.3 Å². The van der Waals surface area contributed by atoms with Crippen LogP contribution in [0.2, 0.25) is 0 Å². The summed E-state index contributed by atoms with van der Waals surface area (Å²) in [6.45, 7) is 0.376. The number of hydrogen-bond acceptors (Lipinski definition) is 3. The minimum absolute atomic E-state index is 0.118. The highest BCUT2D eigenvalue weighted by atomic mass is 16.4. The molecule has 4 nitrogen and oxygen atoms in total. The van der Waals surface area contributed by atoms with E-state index in [1.165, 1.54) is 6.42 Å². The van der Waals surface area contributed by atoms with Crippen LogP contribution in [0.3, 0.4) is 0 Å². The van der Waals surface area contributed by atoms with Gasteiger partial charge in [0, 0.05) is 6.54 Å². The van der Waals surface area contributed by atoms with Gasteiger partial charge in [-0.3, -0.25) is 4.79 Å². The highest BCUT2D eigenvalue weighted by Crippen LogP contribution is 1.96. The zero-order chi connectivity index (χ0) is 7.28. The Balaban J connectivity index is 3.54. The van der Waals surface area contributed by atoms with Crippen molar-refractivity contribution >= 4 is 5.97 Å². The third-order valence-electron chi connectivity index (χ3n) is 0.992. The zero-order valence-corrected chi connectivity index (χ0v) is 5.08. The molecule has 53 valence electrons. The van der Waals surface area contributed by atoms with Gasteiger partial charge in [0.2, 0.25) is 0 Å². The third-order valence-corrected chi connectivity index (χ3v) is 0.992. The molecule has 0 saturated carbocycles. The summed E-state index contributed by atoms with van der Waals surface area (Å²) >= 11 is 0. The van der Waals surface area contributed by atoms with Crippen molar-refractivity contribution in [2.24, 2.45) is 17.4 Å². The fraction of sp³-hybridized carbons (Fsp3) is 0.600. The predicted molar refractivity (Wildman–Crippen MR) is 33.5 cm³/mol. The molecule has 0 fully saturated rings. The molecule has 1 radical (unpaired) electrons. The van der Waals surface area contributed by atoms with Crippen molar-refractivity contribution in [2.75, 3.05) is 13.1 Å². The van der Waals surface area contributed by atoms with E-state index in [1.54, 1.807) is 0 Å². The molecule has 0 bridgehead atoms. The van der Waals surface area contributed by atoms with Crippen LogP contribution in [0.1, 0.15) is 0 Å². The van der Waals surface area contributed by atoms with Gasteiger partial charge in [-0.05, 0) is 13.0 Å². The maximum absolute atomic E-state index is 10.2. The van der Waals surface area contributed by atoms with Crippen molar-refractivity contribution < 1.29 is 9.90 Å². The molecule has 0 heterocycles. The van der Waals surface area contributed by atoms with Crippen LogP contribution in [0.25, 0.3) is 0 Å². The molecule has 0 rings (SSSR count). The number of rotatable bonds is 4. The molecule has 0 aromatic carbocycles. The van der Waals surface area contributed by atoms with Crippen LogP contribution >= 0.6 is 0 Å². The molecule has 1 atom stereocenters. The number of carboxylic acid groups (broad SMARTS) is 1. The van der Waals surface area contributed by atoms with E-state index in [4.69, 9.17) is 16.6 Å². The van der Waals surface area contributed by atoms with E-state index in [9.17, 15) is 4.79 Å². The molecule has 9 heavy (non-hydrogen) atoms. The molecule has 0 saturated heterocycles. The van der Waals surface area contributed by atoms with Gasteiger partial charge in [0.1, 0.15) is 0 Å². The molecule has 1 unspecified atom stereocenters. The van der Waals surface area contributed by atoms with E-state index in [2.05, 4.69) is 0 Å². The smallest absolute Gasteiger partial charge is 0.308 e. The van der Waals surface area contributed by atoms with Gasteiger partial charge in [0.25, 0.3) is 0 Å². The average Bonchev–Trinajstić information content (AvgIpc) is 1.82. The normalized spacial score (nSPS) is 13.1. The fourth-order valence-corrected chi connectivity index (χ4v) is 0.462. The van der Waals surface area contributed by atoms with Crippen molar-refractivity contribution in [3.63, 3.8) is 0 Å². The monoisotopic (exact) mass is 131 g/mol. The zero-order valence-electron chi connectivity index (χ0n) is 5.08. The van der Waals surface area contributed by atoms with Gasteiger partial charge in [-0.15, -0.1) is 0 Å². The minimum atomic E-state index is -0.914. The number of carbonyl (C=O) groups is 1. The van der Waals surface area contributed by atoms with Gasteiger partial charge in [0.15, 0.2) is 0 Å². The van der Waals surface area contributed by atoms with Gasteiger partial charge >= 0.3 is 5.97 Å². The number of aliphatic carboxylic acids is 1. The van der Waals surface area contributed by atoms with Crippen LogP contribution in [-0.2, 0) is 4.79 Å². The largest absolute Gasteiger partial charge is 0.481 e. The Labute approximate surface area is 53.8 Å². The van der Waals surface area contributed by atoms with Crippen LogP contribution < -0.4 is 11.5 Å². The second-order valence-corrected chi connectivity index (χ2v) is 1.65. The summed E-state index contributed by atoms with van der Waals surface area (Å²) in [5, 5.41) is 8.34. The summed E-state index contributed by atoms with van der Waals surface area (Å²) in [7, 11) is 0. The number of hydrogen-bond donors (Lipinski definition) is 3. The van der Waals surface area contributed by atoms with Crippen molar-refractivity contribution in [2.45, 2.75) is 0 Å². The van der Waals surface area contributed by atoms with E-state index >= 15 is 0 Å². The molecule has 0 spiro atoms. The molecule has 5 N–H and O–H groups in total. The second kappa shape index (κ2) is 4.29. The first-order valence-electron chi connectivity index (χ1n) is 2.68. The third kappa shape index (κ3) is 3.05. The summed E-state index contributed by atoms with van der Waals surface area (Å²) < 4.78 is 0. The van der Waals surface area contributed by atoms with Crippen LogP contribution in [0.15, 0.2) is 0 Å². The summed E-state index contributed by atoms with van der Waals surface area (Å²) in [4.78, 5) is 10.2. The van der Waals surface area contributed by atoms with E-state index in [0.717, 1.165) is 0 Å². The maximum Gasteiger partial charge on any atom is 0.308 e. The molecule has 4 heteroatoms. The average molecular weight is 131 g/mol. The molecular formula is C5H11N2O2. The molecule has 0 aliphatic carbocycles. The lowest BCUT2D eigenvalue weighted by Crippen LogP contribution is -2.26. The number of carboxylic acids is 1. The minimum Gasteiger partial charge on any atom is -0.481 e. The Morgan fingerprint density at radius 2 is 2.22 bits per heavy atom. The highest BCUT2D eigenvalue weighted by molar-refractivity contribution is 5.71. The van der Waals surface area contributed by atoms with E-state index in [1.807, 2.05) is 0 Å². The first-order chi connectivity index (χ1) is 4.22. The maximum atomic E-state index is 10.2. The lowest BCUT2D eigenvalue weighted by atomic mass is 10.1. The summed E-state index contributed by atoms with van der Waals surface area (Å²) in [6, 6.07) is 0. The van der Waals surface area contributed by atoms with E-state index in [-0.39, 0.29) is 13.1 Å². The van der Waals surface area contributed by atoms with Crippen LogP contribution in [0.4, 0.5) is 0 Å². The van der Waals surface area contributed by atoms with Gasteiger partial charge in [-0.1, -0.05) is 0 Å². The summed E-state index contributed by atoms with van der Waals surface area (Å²) in [5.74, 6) is -1.50. The predicted octanol–water partition coefficient (Wildman–Crippen LogP) is -1.19. The molecule has 0 aromatic rings. The Morgan fingerprint density at radius 1 is 1.67 bits per heavy atom. The first-order valence-corrected chi connectivity index (χ1v) is 2.68. The van der Waals surface area contributed by atoms with Crippen molar-refractivity contribution in [1.82, 2.24) is 0 Å². The summed E-state index contributed by atoms with van der Waals surface area (Å²) in [6.07, 6.45) is 1.47. The Hall–Kier alpha value is -0.610. The van der Waals surface area contributed by atoms with Crippen molar-refractivity contribution in [3.8, 4) is 0 Å². The van der Waals surface area contributed by atoms with Gasteiger partial charge in [-0.2, -0.15) is 0 Å². The fourth-order valence-electron chi connectivity index (χ4n) is 0.462. The Morgan fingerprint density at radius 3 is 2.33 bits per heavy atom. The quantitative estimate of drug-likeness (QED) is 0.447. The Kier molecular flexibility index (Phi) is 4.00. The Bertz CT molecular complexity index is 95.0. The van der Waals surface area contributed by atoms with Gasteiger partial charge in [-0.25, -0.2) is 0 Å². The lowest BCUT2D eigenvalue weighted by molar-refractivity contribution is -0.140. The van der Waals surface area contributed by atoms with Crippen molar-refractivity contribution in [3.05, 3.63) is 6.42 Å². The molecule has 0 aliphatic heterocycles. The van der Waals surface area contributed by atoms with E-state index < -0.39 is 11.9 Å². The SMILES string of the molecule is NC[CH]C(CN)C(=O)O. The lowest BCUT2D eigenvalue weighted by Gasteiger charge is -2.04. The summed E-state index contributed by atoms with van der Waals surface area (Å²) in [5.41, 5.74) is 10.2. The first kappa shape index (κ1) is 8.39. The van der Waals surface area contributed by atoms with Gasteiger partial charge in [0.05, 0.1) is 5.92 Å². The molecule has 0 aliphatic rings. The highest BCUT2D eigenvalue weighted by Gasteiger charge is 2.13. The van der Waals surface area contributed by atoms with E-state index in [0.29, 0.717) is 0 Å².